The van der Waals surface area contributed by atoms with E-state index in [1.165, 1.54) is 0 Å². The predicted molar refractivity (Wildman–Crippen MR) is 141 cm³/mol. The Labute approximate surface area is 229 Å². The molecule has 9 heteroatoms. The van der Waals surface area contributed by atoms with E-state index in [0.717, 1.165) is 50.0 Å². The molecule has 1 aliphatic carbocycles. The lowest BCUT2D eigenvalue weighted by Crippen LogP contribution is -2.70. The van der Waals surface area contributed by atoms with Gasteiger partial charge in [0.1, 0.15) is 0 Å². The number of carbonyl (C=O) groups is 1. The summed E-state index contributed by atoms with van der Waals surface area (Å²) in [6.45, 7) is 7.75. The number of alkyl halides is 2. The van der Waals surface area contributed by atoms with E-state index in [4.69, 9.17) is 47.2 Å². The van der Waals surface area contributed by atoms with E-state index in [-0.39, 0.29) is 30.1 Å². The van der Waals surface area contributed by atoms with Crippen molar-refractivity contribution in [2.45, 2.75) is 83.3 Å². The number of rotatable bonds is 9. The first kappa shape index (κ1) is 27.5. The summed E-state index contributed by atoms with van der Waals surface area (Å²) in [4.78, 5) is 27.1. The lowest BCUT2D eigenvalue weighted by Gasteiger charge is -2.59. The monoisotopic (exact) mass is 555 g/mol. The minimum absolute atomic E-state index is 0.0287. The van der Waals surface area contributed by atoms with Crippen LogP contribution in [0.3, 0.4) is 0 Å². The second-order valence-corrected chi connectivity index (χ2v) is 12.1. The Balaban J connectivity index is 1.22. The van der Waals surface area contributed by atoms with E-state index in [2.05, 4.69) is 18.7 Å². The molecular formula is C28H39Cl2NO6. The molecule has 6 rings (SSSR count). The van der Waals surface area contributed by atoms with Crippen molar-refractivity contribution < 1.29 is 28.8 Å². The van der Waals surface area contributed by atoms with Crippen molar-refractivity contribution in [3.05, 3.63) is 29.8 Å². The van der Waals surface area contributed by atoms with Crippen molar-refractivity contribution in [2.24, 2.45) is 23.7 Å². The molecule has 1 aromatic carbocycles. The van der Waals surface area contributed by atoms with Gasteiger partial charge >= 0.3 is 5.97 Å². The van der Waals surface area contributed by atoms with Crippen molar-refractivity contribution in [3.8, 4) is 0 Å². The lowest BCUT2D eigenvalue weighted by atomic mass is 9.58. The molecule has 0 amide bonds. The van der Waals surface area contributed by atoms with E-state index < -0.39 is 24.0 Å². The standard InChI is InChI=1S/C28H39Cl2NO6/c1-18-4-10-23-19(2)25(34-26-28(23)22(18)12-13-27(3,35-26)36-37-28)33-24(32)11-7-20-5-8-21(9-6-20)31(16-14-29)17-15-30/h5-6,8-9,18-19,22-23,25-26H,4,7,10-17H2,1-3H3/t18-,19-,22+,23+,25?,26-,27-,28-/m1/s1. The normalized spacial score (nSPS) is 38.5. The number of halogens is 2. The van der Waals surface area contributed by atoms with E-state index in [0.29, 0.717) is 24.1 Å². The van der Waals surface area contributed by atoms with Crippen LogP contribution in [-0.4, -0.2) is 54.8 Å². The summed E-state index contributed by atoms with van der Waals surface area (Å²) < 4.78 is 18.6. The van der Waals surface area contributed by atoms with E-state index in [9.17, 15) is 4.79 Å². The van der Waals surface area contributed by atoms with Crippen LogP contribution in [0.1, 0.15) is 58.4 Å². The van der Waals surface area contributed by atoms with Gasteiger partial charge in [-0.05, 0) is 62.1 Å². The Morgan fingerprint density at radius 3 is 2.49 bits per heavy atom. The molecule has 1 aromatic rings. The summed E-state index contributed by atoms with van der Waals surface area (Å²) in [5, 5.41) is 0. The Morgan fingerprint density at radius 1 is 1.05 bits per heavy atom. The number of benzene rings is 1. The van der Waals surface area contributed by atoms with Crippen LogP contribution in [0.2, 0.25) is 0 Å². The molecule has 1 saturated carbocycles. The number of hydrogen-bond acceptors (Lipinski definition) is 7. The molecule has 5 fully saturated rings. The summed E-state index contributed by atoms with van der Waals surface area (Å²) in [6.07, 6.45) is 3.38. The minimum Gasteiger partial charge on any atom is -0.435 e. The molecule has 1 unspecified atom stereocenters. The largest absolute Gasteiger partial charge is 0.435 e. The zero-order valence-electron chi connectivity index (χ0n) is 22.0. The van der Waals surface area contributed by atoms with Crippen LogP contribution in [0.4, 0.5) is 5.69 Å². The van der Waals surface area contributed by atoms with Gasteiger partial charge in [-0.15, -0.1) is 23.2 Å². The summed E-state index contributed by atoms with van der Waals surface area (Å²) in [6, 6.07) is 8.18. The Bertz CT molecular complexity index is 943. The molecule has 4 heterocycles. The van der Waals surface area contributed by atoms with Gasteiger partial charge in [-0.3, -0.25) is 4.79 Å². The van der Waals surface area contributed by atoms with Crippen molar-refractivity contribution >= 4 is 34.9 Å². The molecule has 0 aromatic heterocycles. The van der Waals surface area contributed by atoms with Gasteiger partial charge in [0.15, 0.2) is 11.9 Å². The molecule has 37 heavy (non-hydrogen) atoms. The number of hydrogen-bond donors (Lipinski definition) is 0. The van der Waals surface area contributed by atoms with Crippen LogP contribution in [0.25, 0.3) is 0 Å². The van der Waals surface area contributed by atoms with Gasteiger partial charge < -0.3 is 19.1 Å². The highest BCUT2D eigenvalue weighted by Gasteiger charge is 2.69. The summed E-state index contributed by atoms with van der Waals surface area (Å²) in [7, 11) is 0. The third kappa shape index (κ3) is 5.24. The molecule has 5 aliphatic rings. The molecule has 8 atom stereocenters. The van der Waals surface area contributed by atoms with E-state index >= 15 is 0 Å². The highest BCUT2D eigenvalue weighted by molar-refractivity contribution is 6.18. The SMILES string of the molecule is C[C@@H]1CC[C@H]2[C@@H](C)C(OC(=O)CCc3ccc(N(CCCl)CCCl)cc3)O[C@@H]3O[C@@]4(C)CC[C@@H]1[C@]32OO4. The second kappa shape index (κ2) is 11.2. The number of fused-ring (bicyclic) bond motifs is 2. The van der Waals surface area contributed by atoms with Gasteiger partial charge in [0.2, 0.25) is 12.1 Å². The van der Waals surface area contributed by atoms with Crippen LogP contribution in [0.15, 0.2) is 24.3 Å². The Hall–Kier alpha value is -1.09. The van der Waals surface area contributed by atoms with Gasteiger partial charge in [0, 0.05) is 55.2 Å². The predicted octanol–water partition coefficient (Wildman–Crippen LogP) is 5.65. The second-order valence-electron chi connectivity index (χ2n) is 11.3. The number of anilines is 1. The zero-order chi connectivity index (χ0) is 26.2. The van der Waals surface area contributed by atoms with Crippen molar-refractivity contribution in [1.82, 2.24) is 0 Å². The van der Waals surface area contributed by atoms with E-state index in [1.54, 1.807) is 0 Å². The maximum atomic E-state index is 12.9. The number of carbonyl (C=O) groups excluding carboxylic acids is 1. The van der Waals surface area contributed by atoms with Gasteiger partial charge in [-0.25, -0.2) is 9.78 Å². The van der Waals surface area contributed by atoms with E-state index in [1.807, 2.05) is 31.2 Å². The fourth-order valence-electron chi connectivity index (χ4n) is 6.89. The highest BCUT2D eigenvalue weighted by atomic mass is 35.5. The van der Waals surface area contributed by atoms with Crippen LogP contribution in [0.5, 0.6) is 0 Å². The van der Waals surface area contributed by atoms with Crippen LogP contribution >= 0.6 is 23.2 Å². The van der Waals surface area contributed by atoms with Crippen LogP contribution < -0.4 is 4.90 Å². The fraction of sp³-hybridized carbons (Fsp3) is 0.750. The van der Waals surface area contributed by atoms with Crippen molar-refractivity contribution in [2.75, 3.05) is 29.7 Å². The molecule has 0 N–H and O–H groups in total. The number of ether oxygens (including phenoxy) is 3. The maximum absolute atomic E-state index is 12.9. The third-order valence-corrected chi connectivity index (χ3v) is 9.31. The molecular weight excluding hydrogens is 517 g/mol. The molecule has 0 radical (unpaired) electrons. The molecule has 2 bridgehead atoms. The van der Waals surface area contributed by atoms with Crippen LogP contribution in [-0.2, 0) is 35.2 Å². The fourth-order valence-corrected chi connectivity index (χ4v) is 7.30. The quantitative estimate of drug-likeness (QED) is 0.221. The highest BCUT2D eigenvalue weighted by Crippen LogP contribution is 2.60. The van der Waals surface area contributed by atoms with Crippen molar-refractivity contribution in [1.29, 1.82) is 0 Å². The maximum Gasteiger partial charge on any atom is 0.308 e. The third-order valence-electron chi connectivity index (χ3n) is 8.97. The first-order chi connectivity index (χ1) is 17.8. The molecule has 4 saturated heterocycles. The molecule has 7 nitrogen and oxygen atoms in total. The minimum atomic E-state index is -0.845. The molecule has 206 valence electrons. The average Bonchev–Trinajstić information content (AvgIpc) is 3.12. The first-order valence-electron chi connectivity index (χ1n) is 13.6. The molecule has 1 spiro atoms. The topological polar surface area (TPSA) is 66.5 Å². The smallest absolute Gasteiger partial charge is 0.308 e. The number of nitrogens with zero attached hydrogens (tertiary/aromatic N) is 1. The zero-order valence-corrected chi connectivity index (χ0v) is 23.5. The van der Waals surface area contributed by atoms with Gasteiger partial charge in [0.05, 0.1) is 0 Å². The number of esters is 1. The van der Waals surface area contributed by atoms with Gasteiger partial charge in [-0.1, -0.05) is 26.0 Å². The average molecular weight is 557 g/mol. The van der Waals surface area contributed by atoms with Gasteiger partial charge in [0.25, 0.3) is 0 Å². The lowest BCUT2D eigenvalue weighted by molar-refractivity contribution is -0.576. The summed E-state index contributed by atoms with van der Waals surface area (Å²) in [5.74, 6) is 0.837. The Morgan fingerprint density at radius 2 is 1.78 bits per heavy atom. The number of aryl methyl sites for hydroxylation is 1. The Kier molecular flexibility index (Phi) is 8.31. The summed E-state index contributed by atoms with van der Waals surface area (Å²) in [5.41, 5.74) is 1.49. The first-order valence-corrected chi connectivity index (χ1v) is 14.7. The molecule has 4 aliphatic heterocycles. The summed E-state index contributed by atoms with van der Waals surface area (Å²) >= 11 is 11.9. The van der Waals surface area contributed by atoms with Gasteiger partial charge in [-0.2, -0.15) is 0 Å². The van der Waals surface area contributed by atoms with Crippen molar-refractivity contribution in [3.63, 3.8) is 0 Å². The van der Waals surface area contributed by atoms with Crippen LogP contribution in [0, 0.1) is 23.7 Å².